The lowest BCUT2D eigenvalue weighted by molar-refractivity contribution is -0.135. The van der Waals surface area contributed by atoms with Gasteiger partial charge in [0.05, 0.1) is 0 Å². The fourth-order valence-corrected chi connectivity index (χ4v) is 4.47. The van der Waals surface area contributed by atoms with Crippen LogP contribution < -0.4 is 5.73 Å². The number of benzene rings is 1. The molecule has 1 aromatic carbocycles. The minimum absolute atomic E-state index is 0.0591. The molecule has 1 aromatic rings. The number of hydrogen-bond donors (Lipinski definition) is 1. The van der Waals surface area contributed by atoms with E-state index in [-0.39, 0.29) is 11.3 Å². The highest BCUT2D eigenvalue weighted by molar-refractivity contribution is 9.10. The van der Waals surface area contributed by atoms with E-state index >= 15 is 0 Å². The Morgan fingerprint density at radius 3 is 2.77 bits per heavy atom. The predicted octanol–water partition coefficient (Wildman–Crippen LogP) is 3.63. The lowest BCUT2D eigenvalue weighted by atomic mass is 9.71. The van der Waals surface area contributed by atoms with E-state index in [2.05, 4.69) is 34.1 Å². The van der Waals surface area contributed by atoms with Crippen molar-refractivity contribution >= 4 is 21.8 Å². The van der Waals surface area contributed by atoms with Gasteiger partial charge in [-0.25, -0.2) is 0 Å². The van der Waals surface area contributed by atoms with Crippen LogP contribution in [-0.2, 0) is 17.8 Å². The Bertz CT molecular complexity index is 552. The molecule has 1 aliphatic carbocycles. The predicted molar refractivity (Wildman–Crippen MR) is 92.5 cm³/mol. The maximum atomic E-state index is 12.8. The average molecular weight is 365 g/mol. The number of carbonyl (C=O) groups is 1. The van der Waals surface area contributed by atoms with Crippen LogP contribution in [0.4, 0.5) is 0 Å². The SMILES string of the molecule is NCC1(CC(=O)N2CCc3cccc(Br)c3C2)CCCCC1. The van der Waals surface area contributed by atoms with Crippen molar-refractivity contribution in [2.75, 3.05) is 13.1 Å². The van der Waals surface area contributed by atoms with Crippen LogP contribution in [0.15, 0.2) is 22.7 Å². The molecule has 0 spiro atoms. The summed E-state index contributed by atoms with van der Waals surface area (Å²) in [5, 5.41) is 0. The first-order valence-corrected chi connectivity index (χ1v) is 9.17. The maximum Gasteiger partial charge on any atom is 0.223 e. The first kappa shape index (κ1) is 16.0. The quantitative estimate of drug-likeness (QED) is 0.889. The lowest BCUT2D eigenvalue weighted by Crippen LogP contribution is -2.42. The standard InChI is InChI=1S/C18H25BrN2O/c19-16-6-4-5-14-7-10-21(12-15(14)16)17(22)11-18(13-20)8-2-1-3-9-18/h4-6H,1-3,7-13,20H2. The van der Waals surface area contributed by atoms with E-state index in [1.54, 1.807) is 0 Å². The number of amides is 1. The zero-order chi connectivity index (χ0) is 15.6. The number of hydrogen-bond acceptors (Lipinski definition) is 2. The molecule has 2 aliphatic rings. The van der Waals surface area contributed by atoms with E-state index in [1.807, 2.05) is 4.90 Å². The van der Waals surface area contributed by atoms with Crippen LogP contribution in [0.5, 0.6) is 0 Å². The van der Waals surface area contributed by atoms with Crippen molar-refractivity contribution in [3.63, 3.8) is 0 Å². The zero-order valence-electron chi connectivity index (χ0n) is 13.1. The topological polar surface area (TPSA) is 46.3 Å². The maximum absolute atomic E-state index is 12.8. The van der Waals surface area contributed by atoms with E-state index in [9.17, 15) is 4.79 Å². The number of carbonyl (C=O) groups excluding carboxylic acids is 1. The molecule has 0 bridgehead atoms. The molecule has 3 nitrogen and oxygen atoms in total. The summed E-state index contributed by atoms with van der Waals surface area (Å²) in [6, 6.07) is 6.31. The molecule has 1 heterocycles. The van der Waals surface area contributed by atoms with Gasteiger partial charge in [0.1, 0.15) is 0 Å². The summed E-state index contributed by atoms with van der Waals surface area (Å²) in [5.41, 5.74) is 8.73. The number of fused-ring (bicyclic) bond motifs is 1. The molecular formula is C18H25BrN2O. The van der Waals surface area contributed by atoms with E-state index in [0.29, 0.717) is 13.0 Å². The second kappa shape index (κ2) is 6.71. The molecule has 1 fully saturated rings. The van der Waals surface area contributed by atoms with Gasteiger partial charge in [-0.3, -0.25) is 4.79 Å². The van der Waals surface area contributed by atoms with Crippen molar-refractivity contribution < 1.29 is 4.79 Å². The van der Waals surface area contributed by atoms with Crippen molar-refractivity contribution in [1.29, 1.82) is 0 Å². The first-order chi connectivity index (χ1) is 10.6. The van der Waals surface area contributed by atoms with Gasteiger partial charge < -0.3 is 10.6 Å². The Hall–Kier alpha value is -0.870. The summed E-state index contributed by atoms with van der Waals surface area (Å²) in [6.07, 6.45) is 7.55. The van der Waals surface area contributed by atoms with Gasteiger partial charge >= 0.3 is 0 Å². The molecule has 1 aliphatic heterocycles. The molecule has 4 heteroatoms. The van der Waals surface area contributed by atoms with Crippen LogP contribution in [0.1, 0.15) is 49.7 Å². The van der Waals surface area contributed by atoms with Gasteiger partial charge in [-0.05, 0) is 48.4 Å². The summed E-state index contributed by atoms with van der Waals surface area (Å²) < 4.78 is 1.12. The Morgan fingerprint density at radius 1 is 1.27 bits per heavy atom. The van der Waals surface area contributed by atoms with Crippen LogP contribution in [0.25, 0.3) is 0 Å². The summed E-state index contributed by atoms with van der Waals surface area (Å²) >= 11 is 3.62. The van der Waals surface area contributed by atoms with Crippen LogP contribution in [-0.4, -0.2) is 23.9 Å². The van der Waals surface area contributed by atoms with Gasteiger partial charge in [0.2, 0.25) is 5.91 Å². The van der Waals surface area contributed by atoms with Gasteiger partial charge in [0.15, 0.2) is 0 Å². The fraction of sp³-hybridized carbons (Fsp3) is 0.611. The fourth-order valence-electron chi connectivity index (χ4n) is 3.94. The Morgan fingerprint density at radius 2 is 2.05 bits per heavy atom. The van der Waals surface area contributed by atoms with Crippen LogP contribution in [0.2, 0.25) is 0 Å². The third-order valence-corrected chi connectivity index (χ3v) is 6.19. The molecule has 0 saturated heterocycles. The average Bonchev–Trinajstić information content (AvgIpc) is 2.56. The smallest absolute Gasteiger partial charge is 0.223 e. The first-order valence-electron chi connectivity index (χ1n) is 8.38. The molecule has 0 unspecified atom stereocenters. The third kappa shape index (κ3) is 3.23. The molecule has 22 heavy (non-hydrogen) atoms. The van der Waals surface area contributed by atoms with Crippen molar-refractivity contribution in [3.05, 3.63) is 33.8 Å². The van der Waals surface area contributed by atoms with Crippen LogP contribution in [0, 0.1) is 5.41 Å². The molecule has 3 rings (SSSR count). The molecule has 0 atom stereocenters. The van der Waals surface area contributed by atoms with Gasteiger partial charge in [-0.1, -0.05) is 47.3 Å². The lowest BCUT2D eigenvalue weighted by Gasteiger charge is -2.38. The molecule has 120 valence electrons. The summed E-state index contributed by atoms with van der Waals surface area (Å²) in [5.74, 6) is 0.286. The summed E-state index contributed by atoms with van der Waals surface area (Å²) in [4.78, 5) is 14.8. The van der Waals surface area contributed by atoms with E-state index in [0.717, 1.165) is 36.8 Å². The zero-order valence-corrected chi connectivity index (χ0v) is 14.7. The van der Waals surface area contributed by atoms with Crippen LogP contribution >= 0.6 is 15.9 Å². The molecule has 1 saturated carbocycles. The molecular weight excluding hydrogens is 340 g/mol. The minimum Gasteiger partial charge on any atom is -0.338 e. The number of nitrogens with zero attached hydrogens (tertiary/aromatic N) is 1. The van der Waals surface area contributed by atoms with E-state index in [1.165, 1.54) is 30.4 Å². The second-order valence-corrected chi connectivity index (χ2v) is 7.74. The Balaban J connectivity index is 1.70. The van der Waals surface area contributed by atoms with E-state index in [4.69, 9.17) is 5.73 Å². The summed E-state index contributed by atoms with van der Waals surface area (Å²) in [7, 11) is 0. The van der Waals surface area contributed by atoms with Gasteiger partial charge in [-0.15, -0.1) is 0 Å². The normalized spacial score (nSPS) is 20.5. The van der Waals surface area contributed by atoms with Gasteiger partial charge in [0.25, 0.3) is 0 Å². The highest BCUT2D eigenvalue weighted by Gasteiger charge is 2.35. The second-order valence-electron chi connectivity index (χ2n) is 6.88. The number of nitrogens with two attached hydrogens (primary N) is 1. The molecule has 1 amide bonds. The Labute approximate surface area is 141 Å². The number of halogens is 1. The third-order valence-electron chi connectivity index (χ3n) is 5.44. The molecule has 0 radical (unpaired) electrons. The van der Waals surface area contributed by atoms with Crippen molar-refractivity contribution in [2.45, 2.75) is 51.5 Å². The minimum atomic E-state index is 0.0591. The van der Waals surface area contributed by atoms with Gasteiger partial charge in [-0.2, -0.15) is 0 Å². The largest absolute Gasteiger partial charge is 0.338 e. The van der Waals surface area contributed by atoms with E-state index < -0.39 is 0 Å². The highest BCUT2D eigenvalue weighted by atomic mass is 79.9. The summed E-state index contributed by atoms with van der Waals surface area (Å²) in [6.45, 7) is 2.21. The highest BCUT2D eigenvalue weighted by Crippen LogP contribution is 2.39. The van der Waals surface area contributed by atoms with Gasteiger partial charge in [0, 0.05) is 24.0 Å². The van der Waals surface area contributed by atoms with Crippen molar-refractivity contribution in [1.82, 2.24) is 4.90 Å². The number of rotatable bonds is 3. The molecule has 0 aromatic heterocycles. The monoisotopic (exact) mass is 364 g/mol. The van der Waals surface area contributed by atoms with Crippen LogP contribution in [0.3, 0.4) is 0 Å². The Kier molecular flexibility index (Phi) is 4.88. The molecule has 2 N–H and O–H groups in total. The van der Waals surface area contributed by atoms with Crippen molar-refractivity contribution in [3.8, 4) is 0 Å². The van der Waals surface area contributed by atoms with Crippen molar-refractivity contribution in [2.24, 2.45) is 11.1 Å².